The Morgan fingerprint density at radius 2 is 1.88 bits per heavy atom. The fraction of sp³-hybridized carbons (Fsp3) is 0.519. The van der Waals surface area contributed by atoms with Gasteiger partial charge in [-0.25, -0.2) is 0 Å². The lowest BCUT2D eigenvalue weighted by Gasteiger charge is -2.44. The molecule has 0 saturated carbocycles. The molecule has 1 N–H and O–H groups in total. The number of aromatic nitrogens is 1. The average Bonchev–Trinajstić information content (AvgIpc) is 3.08. The summed E-state index contributed by atoms with van der Waals surface area (Å²) in [5.41, 5.74) is 3.45. The molecule has 0 radical (unpaired) electrons. The Balaban J connectivity index is 1.63. The van der Waals surface area contributed by atoms with Gasteiger partial charge in [-0.05, 0) is 43.0 Å². The number of aryl methyl sites for hydroxylation is 1. The molecule has 2 atom stereocenters. The summed E-state index contributed by atoms with van der Waals surface area (Å²) in [6.45, 7) is 7.84. The molecule has 1 aliphatic carbocycles. The van der Waals surface area contributed by atoms with E-state index >= 15 is 0 Å². The second kappa shape index (κ2) is 10.2. The van der Waals surface area contributed by atoms with E-state index in [0.717, 1.165) is 24.1 Å². The van der Waals surface area contributed by atoms with Crippen LogP contribution < -0.4 is 5.32 Å². The molecule has 7 heteroatoms. The van der Waals surface area contributed by atoms with E-state index in [0.29, 0.717) is 31.9 Å². The topological polar surface area (TPSA) is 80.8 Å². The summed E-state index contributed by atoms with van der Waals surface area (Å²) in [6.07, 6.45) is 3.02. The first-order valence-corrected chi connectivity index (χ1v) is 12.1. The van der Waals surface area contributed by atoms with E-state index in [-0.39, 0.29) is 35.3 Å². The molecule has 0 bridgehead atoms. The van der Waals surface area contributed by atoms with E-state index in [1.165, 1.54) is 5.56 Å². The Labute approximate surface area is 201 Å². The molecule has 1 spiro atoms. The molecule has 1 aromatic carbocycles. The first kappa shape index (κ1) is 24.4. The summed E-state index contributed by atoms with van der Waals surface area (Å²) in [5.74, 6) is -0.0874. The van der Waals surface area contributed by atoms with Gasteiger partial charge in [0.2, 0.25) is 5.91 Å². The molecule has 7 nitrogen and oxygen atoms in total. The lowest BCUT2D eigenvalue weighted by molar-refractivity contribution is -0.127. The van der Waals surface area contributed by atoms with Gasteiger partial charge in [0.15, 0.2) is 0 Å². The zero-order chi connectivity index (χ0) is 24.3. The highest BCUT2D eigenvalue weighted by molar-refractivity contribution is 5.95. The van der Waals surface area contributed by atoms with Crippen LogP contribution in [0.1, 0.15) is 59.9 Å². The fourth-order valence-electron chi connectivity index (χ4n) is 5.39. The molecule has 2 heterocycles. The first-order valence-electron chi connectivity index (χ1n) is 12.1. The third kappa shape index (κ3) is 4.46. The number of pyridine rings is 1. The first-order chi connectivity index (χ1) is 16.4. The van der Waals surface area contributed by atoms with Crippen molar-refractivity contribution in [1.29, 1.82) is 0 Å². The van der Waals surface area contributed by atoms with E-state index in [1.54, 1.807) is 19.4 Å². The zero-order valence-electron chi connectivity index (χ0n) is 20.5. The lowest BCUT2D eigenvalue weighted by atomic mass is 9.71. The van der Waals surface area contributed by atoms with Crippen LogP contribution in [0.2, 0.25) is 0 Å². The number of carbonyl (C=O) groups is 2. The number of nitrogens with zero attached hydrogens (tertiary/aromatic N) is 2. The van der Waals surface area contributed by atoms with E-state index < -0.39 is 0 Å². The number of likely N-dealkylation sites (tertiary alicyclic amines) is 1. The molecule has 1 fully saturated rings. The number of benzene rings is 1. The molecule has 1 aromatic heterocycles. The maximum absolute atomic E-state index is 13.2. The van der Waals surface area contributed by atoms with Gasteiger partial charge in [0.1, 0.15) is 0 Å². The van der Waals surface area contributed by atoms with E-state index in [1.807, 2.05) is 37.8 Å². The molecule has 4 rings (SSSR count). The number of ether oxygens (including phenoxy) is 2. The molecular formula is C27H35N3O4. The van der Waals surface area contributed by atoms with Gasteiger partial charge in [-0.3, -0.25) is 14.6 Å². The second-order valence-corrected chi connectivity index (χ2v) is 9.60. The number of hydrogen-bond acceptors (Lipinski definition) is 5. The number of fused-ring (bicyclic) bond motifs is 2. The van der Waals surface area contributed by atoms with Crippen molar-refractivity contribution in [3.8, 4) is 0 Å². The van der Waals surface area contributed by atoms with Gasteiger partial charge in [0.05, 0.1) is 30.9 Å². The van der Waals surface area contributed by atoms with Crippen molar-refractivity contribution >= 4 is 11.8 Å². The van der Waals surface area contributed by atoms with Crippen molar-refractivity contribution in [1.82, 2.24) is 15.2 Å². The van der Waals surface area contributed by atoms with E-state index in [9.17, 15) is 9.59 Å². The molecule has 1 aliphatic heterocycles. The summed E-state index contributed by atoms with van der Waals surface area (Å²) >= 11 is 0. The monoisotopic (exact) mass is 465 g/mol. The minimum atomic E-state index is -0.278. The molecule has 2 aromatic rings. The van der Waals surface area contributed by atoms with Gasteiger partial charge in [-0.15, -0.1) is 0 Å². The minimum absolute atomic E-state index is 0.0110. The van der Waals surface area contributed by atoms with E-state index in [4.69, 9.17) is 9.47 Å². The third-order valence-electron chi connectivity index (χ3n) is 7.27. The Morgan fingerprint density at radius 1 is 1.15 bits per heavy atom. The number of piperidine rings is 1. The Hall–Kier alpha value is -2.77. The van der Waals surface area contributed by atoms with Gasteiger partial charge in [0.25, 0.3) is 5.91 Å². The van der Waals surface area contributed by atoms with Crippen molar-refractivity contribution in [3.63, 3.8) is 0 Å². The average molecular weight is 466 g/mol. The fourth-order valence-corrected chi connectivity index (χ4v) is 5.39. The number of rotatable bonds is 7. The Kier molecular flexibility index (Phi) is 7.33. The highest BCUT2D eigenvalue weighted by Crippen LogP contribution is 2.52. The van der Waals surface area contributed by atoms with Crippen molar-refractivity contribution < 1.29 is 19.1 Å². The second-order valence-electron chi connectivity index (χ2n) is 9.60. The van der Waals surface area contributed by atoms with Gasteiger partial charge < -0.3 is 19.7 Å². The van der Waals surface area contributed by atoms with Gasteiger partial charge in [-0.2, -0.15) is 0 Å². The van der Waals surface area contributed by atoms with Crippen LogP contribution >= 0.6 is 0 Å². The molecular weight excluding hydrogens is 430 g/mol. The summed E-state index contributed by atoms with van der Waals surface area (Å²) in [5, 5.41) is 3.26. The van der Waals surface area contributed by atoms with Gasteiger partial charge >= 0.3 is 0 Å². The highest BCUT2D eigenvalue weighted by atomic mass is 16.5. The minimum Gasteiger partial charge on any atom is -0.382 e. The predicted octanol–water partition coefficient (Wildman–Crippen LogP) is 3.42. The Morgan fingerprint density at radius 3 is 2.56 bits per heavy atom. The van der Waals surface area contributed by atoms with Crippen LogP contribution in [-0.4, -0.2) is 61.2 Å². The number of methoxy groups -OCH3 is 1. The molecule has 34 heavy (non-hydrogen) atoms. The molecule has 2 amide bonds. The number of amides is 2. The number of hydrogen-bond donors (Lipinski definition) is 1. The summed E-state index contributed by atoms with van der Waals surface area (Å²) in [4.78, 5) is 32.2. The zero-order valence-corrected chi connectivity index (χ0v) is 20.5. The SMILES string of the molecule is COCCO[C@H]1[C@H](NC(=O)C(C)C)c2ccccc2C12CCN(C(=O)c1cccnc1C)CC2. The van der Waals surface area contributed by atoms with Crippen molar-refractivity contribution in [2.45, 2.75) is 51.2 Å². The van der Waals surface area contributed by atoms with Crippen molar-refractivity contribution in [2.75, 3.05) is 33.4 Å². The lowest BCUT2D eigenvalue weighted by Crippen LogP contribution is -2.52. The standard InChI is InChI=1S/C27H35N3O4/c1-18(2)25(31)29-23-21-8-5-6-10-22(21)27(24(23)34-17-16-33-4)11-14-30(15-12-27)26(32)20-9-7-13-28-19(20)3/h5-10,13,18,23-24H,11-12,14-17H2,1-4H3,(H,29,31)/t23-,24+/m1/s1. The quantitative estimate of drug-likeness (QED) is 0.634. The largest absolute Gasteiger partial charge is 0.382 e. The normalized spacial score (nSPS) is 21.0. The van der Waals surface area contributed by atoms with Crippen LogP contribution in [0, 0.1) is 12.8 Å². The summed E-state index contributed by atoms with van der Waals surface area (Å²) in [7, 11) is 1.66. The molecule has 2 aliphatic rings. The smallest absolute Gasteiger partial charge is 0.255 e. The Bertz CT molecular complexity index is 1030. The van der Waals surface area contributed by atoms with Crippen LogP contribution in [0.4, 0.5) is 0 Å². The van der Waals surface area contributed by atoms with Crippen LogP contribution in [0.25, 0.3) is 0 Å². The molecule has 1 saturated heterocycles. The third-order valence-corrected chi connectivity index (χ3v) is 7.27. The van der Waals surface area contributed by atoms with Gasteiger partial charge in [0, 0.05) is 43.4 Å². The van der Waals surface area contributed by atoms with Crippen LogP contribution in [-0.2, 0) is 19.7 Å². The predicted molar refractivity (Wildman–Crippen MR) is 130 cm³/mol. The molecule has 0 unspecified atom stereocenters. The maximum Gasteiger partial charge on any atom is 0.255 e. The summed E-state index contributed by atoms with van der Waals surface area (Å²) in [6, 6.07) is 11.7. The number of carbonyl (C=O) groups excluding carboxylic acids is 2. The van der Waals surface area contributed by atoms with Crippen molar-refractivity contribution in [3.05, 3.63) is 65.0 Å². The number of nitrogens with one attached hydrogen (secondary N) is 1. The van der Waals surface area contributed by atoms with E-state index in [2.05, 4.69) is 28.5 Å². The van der Waals surface area contributed by atoms with Crippen LogP contribution in [0.3, 0.4) is 0 Å². The maximum atomic E-state index is 13.2. The summed E-state index contributed by atoms with van der Waals surface area (Å²) < 4.78 is 11.7. The highest BCUT2D eigenvalue weighted by Gasteiger charge is 2.54. The van der Waals surface area contributed by atoms with Crippen LogP contribution in [0.5, 0.6) is 0 Å². The van der Waals surface area contributed by atoms with Crippen LogP contribution in [0.15, 0.2) is 42.6 Å². The van der Waals surface area contributed by atoms with Crippen molar-refractivity contribution in [2.24, 2.45) is 5.92 Å². The molecule has 182 valence electrons. The van der Waals surface area contributed by atoms with Gasteiger partial charge in [-0.1, -0.05) is 38.1 Å².